The zero-order chi connectivity index (χ0) is 23.3. The van der Waals surface area contributed by atoms with Gasteiger partial charge in [0.05, 0.1) is 21.6 Å². The van der Waals surface area contributed by atoms with Crippen molar-refractivity contribution in [1.29, 1.82) is 0 Å². The van der Waals surface area contributed by atoms with Crippen molar-refractivity contribution < 1.29 is 13.2 Å². The number of imidazole rings is 1. The SMILES string of the molecule is Cc1nc2cc(C(=O)Nc3ccc4c(c3)N(S(=O)(=O)c3ccc(Cl)cc3)CC4)ccc2n1C. The number of aromatic nitrogens is 2. The molecule has 0 atom stereocenters. The molecule has 1 aliphatic heterocycles. The summed E-state index contributed by atoms with van der Waals surface area (Å²) in [5.41, 5.74) is 4.18. The van der Waals surface area contributed by atoms with Crippen LogP contribution in [0.25, 0.3) is 11.0 Å². The highest BCUT2D eigenvalue weighted by molar-refractivity contribution is 7.92. The number of carbonyl (C=O) groups is 1. The van der Waals surface area contributed by atoms with E-state index in [1.54, 1.807) is 36.4 Å². The van der Waals surface area contributed by atoms with Gasteiger partial charge < -0.3 is 9.88 Å². The molecule has 0 aliphatic carbocycles. The Morgan fingerprint density at radius 3 is 2.58 bits per heavy atom. The molecule has 2 heterocycles. The predicted molar refractivity (Wildman–Crippen MR) is 130 cm³/mol. The maximum Gasteiger partial charge on any atom is 0.264 e. The number of nitrogens with zero attached hydrogens (tertiary/aromatic N) is 3. The van der Waals surface area contributed by atoms with Gasteiger partial charge in [0.2, 0.25) is 0 Å². The van der Waals surface area contributed by atoms with Crippen molar-refractivity contribution in [3.63, 3.8) is 0 Å². The number of nitrogens with one attached hydrogen (secondary N) is 1. The molecule has 168 valence electrons. The molecule has 3 aromatic carbocycles. The van der Waals surface area contributed by atoms with E-state index >= 15 is 0 Å². The third-order valence-electron chi connectivity index (χ3n) is 5.96. The van der Waals surface area contributed by atoms with Crippen LogP contribution in [0.4, 0.5) is 11.4 Å². The van der Waals surface area contributed by atoms with E-state index in [1.165, 1.54) is 16.4 Å². The molecule has 4 aromatic rings. The molecule has 0 radical (unpaired) electrons. The first-order chi connectivity index (χ1) is 15.7. The lowest BCUT2D eigenvalue weighted by Gasteiger charge is -2.20. The van der Waals surface area contributed by atoms with Gasteiger partial charge in [0, 0.05) is 29.9 Å². The van der Waals surface area contributed by atoms with Gasteiger partial charge in [-0.2, -0.15) is 0 Å². The Labute approximate surface area is 196 Å². The minimum atomic E-state index is -3.74. The highest BCUT2D eigenvalue weighted by Crippen LogP contribution is 2.35. The normalized spacial score (nSPS) is 13.4. The van der Waals surface area contributed by atoms with Gasteiger partial charge >= 0.3 is 0 Å². The van der Waals surface area contributed by atoms with E-state index in [0.29, 0.717) is 34.9 Å². The topological polar surface area (TPSA) is 84.3 Å². The fourth-order valence-corrected chi connectivity index (χ4v) is 5.70. The zero-order valence-corrected chi connectivity index (χ0v) is 19.6. The van der Waals surface area contributed by atoms with Crippen molar-refractivity contribution in [1.82, 2.24) is 9.55 Å². The van der Waals surface area contributed by atoms with Gasteiger partial charge in [-0.05, 0) is 73.5 Å². The molecule has 9 heteroatoms. The largest absolute Gasteiger partial charge is 0.331 e. The molecule has 0 bridgehead atoms. The van der Waals surface area contributed by atoms with Gasteiger partial charge in [-0.15, -0.1) is 0 Å². The first kappa shape index (κ1) is 21.5. The van der Waals surface area contributed by atoms with Crippen LogP contribution in [-0.4, -0.2) is 30.4 Å². The Hall–Kier alpha value is -3.36. The second kappa shape index (κ2) is 7.90. The maximum absolute atomic E-state index is 13.2. The van der Waals surface area contributed by atoms with Crippen molar-refractivity contribution in [2.75, 3.05) is 16.2 Å². The minimum Gasteiger partial charge on any atom is -0.331 e. The number of fused-ring (bicyclic) bond motifs is 2. The maximum atomic E-state index is 13.2. The van der Waals surface area contributed by atoms with Gasteiger partial charge in [-0.25, -0.2) is 13.4 Å². The molecule has 1 aliphatic rings. The summed E-state index contributed by atoms with van der Waals surface area (Å²) in [6.07, 6.45) is 0.603. The van der Waals surface area contributed by atoms with Crippen molar-refractivity contribution in [3.05, 3.63) is 82.6 Å². The molecule has 0 unspecified atom stereocenters. The van der Waals surface area contributed by atoms with E-state index in [2.05, 4.69) is 10.3 Å². The fourth-order valence-electron chi connectivity index (χ4n) is 4.08. The quantitative estimate of drug-likeness (QED) is 0.464. The van der Waals surface area contributed by atoms with Crippen LogP contribution < -0.4 is 9.62 Å². The van der Waals surface area contributed by atoms with Crippen LogP contribution in [-0.2, 0) is 23.5 Å². The summed E-state index contributed by atoms with van der Waals surface area (Å²) in [5, 5.41) is 3.35. The second-order valence-corrected chi connectivity index (χ2v) is 10.3. The standard InChI is InChI=1S/C24H21ClN4O3S/c1-15-26-21-13-17(4-10-22(21)28(15)2)24(30)27-19-7-3-16-11-12-29(23(16)14-19)33(31,32)20-8-5-18(25)6-9-20/h3-10,13-14H,11-12H2,1-2H3,(H,27,30). The van der Waals surface area contributed by atoms with E-state index in [9.17, 15) is 13.2 Å². The van der Waals surface area contributed by atoms with Gasteiger partial charge in [0.1, 0.15) is 5.82 Å². The van der Waals surface area contributed by atoms with Crippen LogP contribution >= 0.6 is 11.6 Å². The molecule has 33 heavy (non-hydrogen) atoms. The molecule has 1 amide bonds. The Morgan fingerprint density at radius 1 is 1.06 bits per heavy atom. The van der Waals surface area contributed by atoms with Gasteiger partial charge in [0.25, 0.3) is 15.9 Å². The van der Waals surface area contributed by atoms with Crippen LogP contribution in [0, 0.1) is 6.92 Å². The number of aryl methyl sites for hydroxylation is 2. The summed E-state index contributed by atoms with van der Waals surface area (Å²) in [6.45, 7) is 2.25. The third kappa shape index (κ3) is 3.75. The number of rotatable bonds is 4. The number of benzene rings is 3. The molecule has 1 aromatic heterocycles. The molecule has 0 fully saturated rings. The van der Waals surface area contributed by atoms with Gasteiger partial charge in [0.15, 0.2) is 0 Å². The summed E-state index contributed by atoms with van der Waals surface area (Å²) >= 11 is 5.91. The van der Waals surface area contributed by atoms with E-state index in [0.717, 1.165) is 22.4 Å². The van der Waals surface area contributed by atoms with E-state index in [-0.39, 0.29) is 10.8 Å². The highest BCUT2D eigenvalue weighted by Gasteiger charge is 2.31. The summed E-state index contributed by atoms with van der Waals surface area (Å²) in [6, 6.07) is 16.8. The number of halogens is 1. The molecule has 1 N–H and O–H groups in total. The second-order valence-electron chi connectivity index (χ2n) is 8.00. The smallest absolute Gasteiger partial charge is 0.264 e. The minimum absolute atomic E-state index is 0.174. The van der Waals surface area contributed by atoms with Crippen LogP contribution in [0.5, 0.6) is 0 Å². The fraction of sp³-hybridized carbons (Fsp3) is 0.167. The van der Waals surface area contributed by atoms with E-state index < -0.39 is 10.0 Å². The van der Waals surface area contributed by atoms with Crippen LogP contribution in [0.3, 0.4) is 0 Å². The van der Waals surface area contributed by atoms with Crippen molar-refractivity contribution in [3.8, 4) is 0 Å². The number of amides is 1. The monoisotopic (exact) mass is 480 g/mol. The Morgan fingerprint density at radius 2 is 1.82 bits per heavy atom. The lowest BCUT2D eigenvalue weighted by molar-refractivity contribution is 0.102. The van der Waals surface area contributed by atoms with Crippen molar-refractivity contribution in [2.45, 2.75) is 18.2 Å². The highest BCUT2D eigenvalue weighted by atomic mass is 35.5. The predicted octanol–water partition coefficient (Wildman–Crippen LogP) is 4.54. The number of anilines is 2. The molecule has 0 saturated heterocycles. The summed E-state index contributed by atoms with van der Waals surface area (Å²) in [4.78, 5) is 17.5. The number of carbonyl (C=O) groups excluding carboxylic acids is 1. The molecule has 0 spiro atoms. The molecular weight excluding hydrogens is 460 g/mol. The number of sulfonamides is 1. The summed E-state index contributed by atoms with van der Waals surface area (Å²) in [7, 11) is -1.81. The summed E-state index contributed by atoms with van der Waals surface area (Å²) < 4.78 is 29.8. The molecular formula is C24H21ClN4O3S. The van der Waals surface area contributed by atoms with Gasteiger partial charge in [-0.3, -0.25) is 9.10 Å². The molecule has 5 rings (SSSR count). The van der Waals surface area contributed by atoms with Crippen LogP contribution in [0.15, 0.2) is 65.6 Å². The first-order valence-electron chi connectivity index (χ1n) is 10.4. The molecule has 7 nitrogen and oxygen atoms in total. The van der Waals surface area contributed by atoms with E-state index in [4.69, 9.17) is 11.6 Å². The van der Waals surface area contributed by atoms with Crippen molar-refractivity contribution in [2.24, 2.45) is 7.05 Å². The number of hydrogen-bond acceptors (Lipinski definition) is 4. The van der Waals surface area contributed by atoms with E-state index in [1.807, 2.05) is 30.7 Å². The average Bonchev–Trinajstić information content (AvgIpc) is 3.34. The summed E-state index contributed by atoms with van der Waals surface area (Å²) in [5.74, 6) is 0.577. The number of hydrogen-bond donors (Lipinski definition) is 1. The Kier molecular flexibility index (Phi) is 5.14. The Bertz CT molecular complexity index is 1510. The van der Waals surface area contributed by atoms with Gasteiger partial charge in [-0.1, -0.05) is 17.7 Å². The lowest BCUT2D eigenvalue weighted by Crippen LogP contribution is -2.29. The average molecular weight is 481 g/mol. The molecule has 0 saturated carbocycles. The first-order valence-corrected chi connectivity index (χ1v) is 12.2. The third-order valence-corrected chi connectivity index (χ3v) is 8.04. The van der Waals surface area contributed by atoms with Crippen molar-refractivity contribution >= 4 is 49.9 Å². The Balaban J connectivity index is 1.43. The van der Waals surface area contributed by atoms with Crippen LogP contribution in [0.2, 0.25) is 5.02 Å². The van der Waals surface area contributed by atoms with Crippen LogP contribution in [0.1, 0.15) is 21.7 Å². The zero-order valence-electron chi connectivity index (χ0n) is 18.0. The lowest BCUT2D eigenvalue weighted by atomic mass is 10.1.